The van der Waals surface area contributed by atoms with Crippen molar-refractivity contribution in [1.82, 2.24) is 14.9 Å². The van der Waals surface area contributed by atoms with Crippen molar-refractivity contribution in [2.24, 2.45) is 5.92 Å². The molecule has 6 nitrogen and oxygen atoms in total. The number of hydrogen-bond donors (Lipinski definition) is 0. The number of piperazine rings is 1. The molecule has 0 spiro atoms. The second kappa shape index (κ2) is 6.16. The van der Waals surface area contributed by atoms with Gasteiger partial charge in [-0.2, -0.15) is 5.26 Å². The third-order valence-corrected chi connectivity index (χ3v) is 4.00. The fraction of sp³-hybridized carbons (Fsp3) is 0.643. The van der Waals surface area contributed by atoms with Gasteiger partial charge in [-0.15, -0.1) is 0 Å². The van der Waals surface area contributed by atoms with E-state index in [0.29, 0.717) is 11.6 Å². The monoisotopic (exact) mass is 273 g/mol. The van der Waals surface area contributed by atoms with Gasteiger partial charge in [0.1, 0.15) is 6.07 Å². The lowest BCUT2D eigenvalue weighted by Gasteiger charge is -2.36. The third kappa shape index (κ3) is 2.89. The van der Waals surface area contributed by atoms with Crippen molar-refractivity contribution in [2.75, 3.05) is 50.8 Å². The van der Waals surface area contributed by atoms with Crippen LogP contribution in [0.15, 0.2) is 12.4 Å². The van der Waals surface area contributed by atoms with E-state index < -0.39 is 0 Å². The normalized spacial score (nSPS) is 23.8. The summed E-state index contributed by atoms with van der Waals surface area (Å²) >= 11 is 0. The molecule has 2 aliphatic rings. The number of rotatable bonds is 3. The maximum atomic E-state index is 9.09. The van der Waals surface area contributed by atoms with Gasteiger partial charge in [0.2, 0.25) is 0 Å². The standard InChI is InChI=1S/C14H19N5O/c15-9-13-14(17-3-2-16-13)19-6-4-18(5-7-19)10-12-1-8-20-11-12/h2-3,12H,1,4-8,10-11H2. The molecule has 0 bridgehead atoms. The van der Waals surface area contributed by atoms with Gasteiger partial charge in [-0.1, -0.05) is 0 Å². The van der Waals surface area contributed by atoms with E-state index in [1.54, 1.807) is 12.4 Å². The van der Waals surface area contributed by atoms with Crippen LogP contribution in [-0.2, 0) is 4.74 Å². The predicted molar refractivity (Wildman–Crippen MR) is 74.3 cm³/mol. The first kappa shape index (κ1) is 13.3. The summed E-state index contributed by atoms with van der Waals surface area (Å²) in [7, 11) is 0. The molecule has 6 heteroatoms. The van der Waals surface area contributed by atoms with E-state index in [1.165, 1.54) is 6.42 Å². The minimum absolute atomic E-state index is 0.421. The van der Waals surface area contributed by atoms with E-state index in [4.69, 9.17) is 10.00 Å². The van der Waals surface area contributed by atoms with Crippen LogP contribution in [0.4, 0.5) is 5.82 Å². The number of ether oxygens (including phenoxy) is 1. The molecule has 0 N–H and O–H groups in total. The smallest absolute Gasteiger partial charge is 0.183 e. The zero-order valence-corrected chi connectivity index (χ0v) is 11.5. The van der Waals surface area contributed by atoms with E-state index in [1.807, 2.05) is 0 Å². The molecule has 1 aromatic heterocycles. The summed E-state index contributed by atoms with van der Waals surface area (Å²) in [4.78, 5) is 13.0. The Hall–Kier alpha value is -1.71. The average molecular weight is 273 g/mol. The van der Waals surface area contributed by atoms with Gasteiger partial charge in [-0.25, -0.2) is 9.97 Å². The molecule has 0 aliphatic carbocycles. The van der Waals surface area contributed by atoms with Crippen molar-refractivity contribution in [1.29, 1.82) is 5.26 Å². The van der Waals surface area contributed by atoms with Crippen molar-refractivity contribution in [2.45, 2.75) is 6.42 Å². The molecule has 3 rings (SSSR count). The van der Waals surface area contributed by atoms with E-state index >= 15 is 0 Å². The molecule has 0 aromatic carbocycles. The Morgan fingerprint density at radius 3 is 2.75 bits per heavy atom. The summed E-state index contributed by atoms with van der Waals surface area (Å²) < 4.78 is 5.43. The Bertz CT molecular complexity index is 487. The number of nitrogens with zero attached hydrogens (tertiary/aromatic N) is 5. The summed E-state index contributed by atoms with van der Waals surface area (Å²) in [6, 6.07) is 2.12. The largest absolute Gasteiger partial charge is 0.381 e. The van der Waals surface area contributed by atoms with E-state index in [2.05, 4.69) is 25.8 Å². The van der Waals surface area contributed by atoms with Gasteiger partial charge in [0.25, 0.3) is 0 Å². The van der Waals surface area contributed by atoms with E-state index in [9.17, 15) is 0 Å². The van der Waals surface area contributed by atoms with Crippen LogP contribution in [0.1, 0.15) is 12.1 Å². The van der Waals surface area contributed by atoms with E-state index in [-0.39, 0.29) is 0 Å². The Balaban J connectivity index is 1.56. The topological polar surface area (TPSA) is 65.3 Å². The fourth-order valence-corrected chi connectivity index (χ4v) is 2.88. The van der Waals surface area contributed by atoms with Crippen molar-refractivity contribution in [3.8, 4) is 6.07 Å². The van der Waals surface area contributed by atoms with Gasteiger partial charge in [0.15, 0.2) is 11.5 Å². The van der Waals surface area contributed by atoms with E-state index in [0.717, 1.165) is 51.8 Å². The van der Waals surface area contributed by atoms with Crippen LogP contribution in [0.3, 0.4) is 0 Å². The highest BCUT2D eigenvalue weighted by Crippen LogP contribution is 2.18. The molecular formula is C14H19N5O. The molecule has 2 saturated heterocycles. The van der Waals surface area contributed by atoms with Crippen molar-refractivity contribution < 1.29 is 4.74 Å². The van der Waals surface area contributed by atoms with Gasteiger partial charge in [-0.3, -0.25) is 4.90 Å². The minimum atomic E-state index is 0.421. The number of hydrogen-bond acceptors (Lipinski definition) is 6. The van der Waals surface area contributed by atoms with Crippen LogP contribution >= 0.6 is 0 Å². The van der Waals surface area contributed by atoms with Gasteiger partial charge >= 0.3 is 0 Å². The first-order chi connectivity index (χ1) is 9.86. The second-order valence-corrected chi connectivity index (χ2v) is 5.36. The summed E-state index contributed by atoms with van der Waals surface area (Å²) in [6.07, 6.45) is 4.40. The number of nitriles is 1. The number of aromatic nitrogens is 2. The molecule has 2 fully saturated rings. The molecule has 0 saturated carbocycles. The van der Waals surface area contributed by atoms with Crippen LogP contribution in [0.25, 0.3) is 0 Å². The Morgan fingerprint density at radius 1 is 1.25 bits per heavy atom. The number of anilines is 1. The van der Waals surface area contributed by atoms with Gasteiger partial charge < -0.3 is 9.64 Å². The molecule has 0 radical (unpaired) electrons. The lowest BCUT2D eigenvalue weighted by atomic mass is 10.1. The van der Waals surface area contributed by atoms with Crippen LogP contribution in [0.5, 0.6) is 0 Å². The minimum Gasteiger partial charge on any atom is -0.381 e. The summed E-state index contributed by atoms with van der Waals surface area (Å²) in [5, 5.41) is 9.09. The molecule has 20 heavy (non-hydrogen) atoms. The Labute approximate surface area is 119 Å². The van der Waals surface area contributed by atoms with Gasteiger partial charge in [0.05, 0.1) is 6.61 Å². The van der Waals surface area contributed by atoms with Crippen LogP contribution in [0, 0.1) is 17.2 Å². The third-order valence-electron chi connectivity index (χ3n) is 4.00. The van der Waals surface area contributed by atoms with Crippen LogP contribution < -0.4 is 4.90 Å². The highest BCUT2D eigenvalue weighted by atomic mass is 16.5. The first-order valence-electron chi connectivity index (χ1n) is 7.13. The van der Waals surface area contributed by atoms with Crippen LogP contribution in [0.2, 0.25) is 0 Å². The summed E-state index contributed by atoms with van der Waals surface area (Å²) in [6.45, 7) is 6.77. The lowest BCUT2D eigenvalue weighted by molar-refractivity contribution is 0.164. The Kier molecular flexibility index (Phi) is 4.09. The fourth-order valence-electron chi connectivity index (χ4n) is 2.88. The molecule has 3 heterocycles. The molecular weight excluding hydrogens is 254 g/mol. The lowest BCUT2D eigenvalue weighted by Crippen LogP contribution is -2.48. The van der Waals surface area contributed by atoms with Crippen molar-refractivity contribution in [3.63, 3.8) is 0 Å². The van der Waals surface area contributed by atoms with Crippen LogP contribution in [-0.4, -0.2) is 60.8 Å². The maximum absolute atomic E-state index is 9.09. The highest BCUT2D eigenvalue weighted by molar-refractivity contribution is 5.49. The molecule has 106 valence electrons. The molecule has 1 unspecified atom stereocenters. The predicted octanol–water partition coefficient (Wildman–Crippen LogP) is 0.507. The van der Waals surface area contributed by atoms with Gasteiger partial charge in [0, 0.05) is 51.7 Å². The molecule has 1 aromatic rings. The first-order valence-corrected chi connectivity index (χ1v) is 7.13. The zero-order chi connectivity index (χ0) is 13.8. The zero-order valence-electron chi connectivity index (χ0n) is 11.5. The van der Waals surface area contributed by atoms with Gasteiger partial charge in [-0.05, 0) is 12.3 Å². The van der Waals surface area contributed by atoms with Crippen molar-refractivity contribution in [3.05, 3.63) is 18.1 Å². The van der Waals surface area contributed by atoms with Crippen molar-refractivity contribution >= 4 is 5.82 Å². The quantitative estimate of drug-likeness (QED) is 0.799. The molecule has 0 amide bonds. The maximum Gasteiger partial charge on any atom is 0.183 e. The molecule has 2 aliphatic heterocycles. The molecule has 1 atom stereocenters. The average Bonchev–Trinajstić information content (AvgIpc) is 3.01. The summed E-state index contributed by atoms with van der Waals surface area (Å²) in [5.41, 5.74) is 0.421. The SMILES string of the molecule is N#Cc1nccnc1N1CCN(CC2CCOC2)CC1. The second-order valence-electron chi connectivity index (χ2n) is 5.36. The Morgan fingerprint density at radius 2 is 2.05 bits per heavy atom. The highest BCUT2D eigenvalue weighted by Gasteiger charge is 2.24. The summed E-state index contributed by atoms with van der Waals surface area (Å²) in [5.74, 6) is 1.41.